The van der Waals surface area contributed by atoms with E-state index in [1.165, 1.54) is 111 Å². The molecule has 0 N–H and O–H groups in total. The molecule has 0 saturated heterocycles. The highest BCUT2D eigenvalue weighted by Crippen LogP contribution is 2.52. The summed E-state index contributed by atoms with van der Waals surface area (Å²) < 4.78 is 0. The average molecular weight is 755 g/mol. The summed E-state index contributed by atoms with van der Waals surface area (Å²) in [6, 6.07) is 55.0. The lowest BCUT2D eigenvalue weighted by Crippen LogP contribution is -2.16. The second-order valence-corrected chi connectivity index (χ2v) is 18.6. The Morgan fingerprint density at radius 3 is 0.966 bits per heavy atom. The van der Waals surface area contributed by atoms with Gasteiger partial charge in [-0.1, -0.05) is 114 Å². The van der Waals surface area contributed by atoms with Gasteiger partial charge in [-0.2, -0.15) is 0 Å². The van der Waals surface area contributed by atoms with Crippen molar-refractivity contribution in [1.29, 1.82) is 0 Å². The first-order valence-electron chi connectivity index (χ1n) is 20.8. The molecule has 0 spiro atoms. The van der Waals surface area contributed by atoms with Gasteiger partial charge in [0.1, 0.15) is 0 Å². The maximum atomic E-state index is 2.46. The Morgan fingerprint density at radius 1 is 0.310 bits per heavy atom. The van der Waals surface area contributed by atoms with E-state index in [-0.39, 0.29) is 10.8 Å². The van der Waals surface area contributed by atoms with E-state index >= 15 is 0 Å². The molecule has 8 aromatic rings. The summed E-state index contributed by atoms with van der Waals surface area (Å²) in [5.74, 6) is 0. The van der Waals surface area contributed by atoms with E-state index in [0.717, 1.165) is 0 Å². The van der Waals surface area contributed by atoms with Gasteiger partial charge in [-0.05, 0) is 189 Å². The normalized spacial score (nSPS) is 12.3. The maximum Gasteiger partial charge on any atom is 0.0519 e. The molecule has 0 aliphatic heterocycles. The molecule has 8 aromatic carbocycles. The van der Waals surface area contributed by atoms with Gasteiger partial charge in [0.05, 0.1) is 11.4 Å². The standard InChI is InChI=1S/C56H54N2/c1-35-15-11-16-36(2)53(35)57(45-21-13-19-43(33-45)55(5,6)7)47-25-23-39-29-49-50-30-40-24-26-48(28-42(40)32-52(50)51(49)31-41(39)27-47)58(54-37(3)17-12-18-38(54)4)46-22-14-20-44(34-46)56(8,9)10/h11-34H,1-10H3. The molecular weight excluding hydrogens is 701 g/mol. The first-order chi connectivity index (χ1) is 27.7. The zero-order chi connectivity index (χ0) is 40.7. The number of anilines is 6. The van der Waals surface area contributed by atoms with Crippen molar-refractivity contribution in [3.05, 3.63) is 179 Å². The number of hydrogen-bond donors (Lipinski definition) is 0. The third-order valence-electron chi connectivity index (χ3n) is 12.3. The largest absolute Gasteiger partial charge is 0.310 e. The summed E-state index contributed by atoms with van der Waals surface area (Å²) in [4.78, 5) is 4.92. The Labute approximate surface area is 345 Å². The van der Waals surface area contributed by atoms with Crippen LogP contribution in [0.2, 0.25) is 0 Å². The monoisotopic (exact) mass is 754 g/mol. The highest BCUT2D eigenvalue weighted by molar-refractivity contribution is 6.12. The molecule has 0 amide bonds. The Morgan fingerprint density at radius 2 is 0.621 bits per heavy atom. The van der Waals surface area contributed by atoms with Crippen LogP contribution < -0.4 is 9.80 Å². The Kier molecular flexibility index (Phi) is 8.89. The molecule has 0 atom stereocenters. The smallest absolute Gasteiger partial charge is 0.0519 e. The summed E-state index contributed by atoms with van der Waals surface area (Å²) in [5.41, 5.74) is 20.3. The van der Waals surface area contributed by atoms with Crippen LogP contribution in [-0.4, -0.2) is 0 Å². The van der Waals surface area contributed by atoms with Gasteiger partial charge in [0, 0.05) is 22.7 Å². The van der Waals surface area contributed by atoms with E-state index in [9.17, 15) is 0 Å². The molecule has 0 fully saturated rings. The molecule has 0 heterocycles. The Balaban J connectivity index is 1.15. The van der Waals surface area contributed by atoms with E-state index in [0.29, 0.717) is 0 Å². The van der Waals surface area contributed by atoms with Gasteiger partial charge in [-0.3, -0.25) is 0 Å². The van der Waals surface area contributed by atoms with Crippen molar-refractivity contribution in [3.63, 3.8) is 0 Å². The molecule has 0 saturated carbocycles. The molecule has 0 radical (unpaired) electrons. The zero-order valence-corrected chi connectivity index (χ0v) is 35.8. The van der Waals surface area contributed by atoms with Gasteiger partial charge >= 0.3 is 0 Å². The number of para-hydroxylation sites is 2. The Hall–Kier alpha value is -6.12. The zero-order valence-electron chi connectivity index (χ0n) is 35.8. The van der Waals surface area contributed by atoms with Crippen molar-refractivity contribution in [2.24, 2.45) is 0 Å². The number of benzene rings is 8. The van der Waals surface area contributed by atoms with Crippen LogP contribution in [-0.2, 0) is 10.8 Å². The van der Waals surface area contributed by atoms with Crippen LogP contribution in [0.1, 0.15) is 74.9 Å². The first-order valence-corrected chi connectivity index (χ1v) is 20.8. The van der Waals surface area contributed by atoms with E-state index < -0.39 is 0 Å². The maximum absolute atomic E-state index is 2.46. The molecular formula is C56H54N2. The third-order valence-corrected chi connectivity index (χ3v) is 12.3. The number of rotatable bonds is 6. The minimum atomic E-state index is 0.0432. The Bertz CT molecular complexity index is 2670. The summed E-state index contributed by atoms with van der Waals surface area (Å²) in [6.07, 6.45) is 0. The minimum Gasteiger partial charge on any atom is -0.310 e. The SMILES string of the molecule is Cc1cccc(C)c1N(c1cccc(C(C)(C)C)c1)c1ccc2cc3c(cc2c1)-c1cc2cc(N(c4cccc(C(C)(C)C)c4)c4c(C)cccc4C)ccc2cc1-3. The highest BCUT2D eigenvalue weighted by Gasteiger charge is 2.26. The average Bonchev–Trinajstić information content (AvgIpc) is 3.18. The number of hydrogen-bond acceptors (Lipinski definition) is 2. The van der Waals surface area contributed by atoms with Crippen LogP contribution in [0.5, 0.6) is 0 Å². The number of fused-ring (bicyclic) bond motifs is 6. The molecule has 1 aliphatic carbocycles. The summed E-state index contributed by atoms with van der Waals surface area (Å²) in [7, 11) is 0. The molecule has 2 heteroatoms. The molecule has 1 aliphatic rings. The lowest BCUT2D eigenvalue weighted by molar-refractivity contribution is 0.590. The van der Waals surface area contributed by atoms with Gasteiger partial charge in [0.2, 0.25) is 0 Å². The fourth-order valence-corrected chi connectivity index (χ4v) is 9.03. The van der Waals surface area contributed by atoms with Gasteiger partial charge in [0.15, 0.2) is 0 Å². The van der Waals surface area contributed by atoms with Gasteiger partial charge in [0.25, 0.3) is 0 Å². The molecule has 2 nitrogen and oxygen atoms in total. The van der Waals surface area contributed by atoms with Crippen molar-refractivity contribution in [2.75, 3.05) is 9.80 Å². The quantitative estimate of drug-likeness (QED) is 0.167. The number of nitrogens with zero attached hydrogens (tertiary/aromatic N) is 2. The first kappa shape index (κ1) is 37.5. The number of aryl methyl sites for hydroxylation is 4. The van der Waals surface area contributed by atoms with Crippen molar-refractivity contribution in [1.82, 2.24) is 0 Å². The van der Waals surface area contributed by atoms with Crippen LogP contribution in [0.15, 0.2) is 146 Å². The minimum absolute atomic E-state index is 0.0432. The van der Waals surface area contributed by atoms with Crippen LogP contribution in [0.3, 0.4) is 0 Å². The van der Waals surface area contributed by atoms with Gasteiger partial charge < -0.3 is 9.80 Å². The summed E-state index contributed by atoms with van der Waals surface area (Å²) in [5, 5.41) is 5.02. The predicted octanol–water partition coefficient (Wildman–Crippen LogP) is 16.4. The van der Waals surface area contributed by atoms with E-state index in [1.54, 1.807) is 0 Å². The van der Waals surface area contributed by atoms with E-state index in [1.807, 2.05) is 0 Å². The summed E-state index contributed by atoms with van der Waals surface area (Å²) >= 11 is 0. The van der Waals surface area contributed by atoms with Crippen LogP contribution in [0, 0.1) is 27.7 Å². The second kappa shape index (κ2) is 13.8. The molecule has 9 rings (SSSR count). The summed E-state index contributed by atoms with van der Waals surface area (Å²) in [6.45, 7) is 22.6. The highest BCUT2D eigenvalue weighted by atomic mass is 15.2. The van der Waals surface area contributed by atoms with Crippen molar-refractivity contribution in [2.45, 2.75) is 80.1 Å². The van der Waals surface area contributed by atoms with Gasteiger partial charge in [-0.25, -0.2) is 0 Å². The van der Waals surface area contributed by atoms with E-state index in [2.05, 4.69) is 225 Å². The van der Waals surface area contributed by atoms with E-state index in [4.69, 9.17) is 0 Å². The fraction of sp³-hybridized carbons (Fsp3) is 0.214. The topological polar surface area (TPSA) is 6.48 Å². The predicted molar refractivity (Wildman–Crippen MR) is 252 cm³/mol. The lowest BCUT2D eigenvalue weighted by atomic mass is 9.78. The molecule has 0 unspecified atom stereocenters. The third kappa shape index (κ3) is 6.45. The van der Waals surface area contributed by atoms with Crippen LogP contribution >= 0.6 is 0 Å². The second-order valence-electron chi connectivity index (χ2n) is 18.6. The van der Waals surface area contributed by atoms with Crippen molar-refractivity contribution < 1.29 is 0 Å². The fourth-order valence-electron chi connectivity index (χ4n) is 9.03. The molecule has 58 heavy (non-hydrogen) atoms. The molecule has 288 valence electrons. The lowest BCUT2D eigenvalue weighted by Gasteiger charge is -2.31. The van der Waals surface area contributed by atoms with Gasteiger partial charge in [-0.15, -0.1) is 0 Å². The molecule has 0 bridgehead atoms. The van der Waals surface area contributed by atoms with Crippen LogP contribution in [0.4, 0.5) is 34.1 Å². The van der Waals surface area contributed by atoms with Crippen molar-refractivity contribution >= 4 is 55.7 Å². The molecule has 0 aromatic heterocycles. The van der Waals surface area contributed by atoms with Crippen molar-refractivity contribution in [3.8, 4) is 22.3 Å². The van der Waals surface area contributed by atoms with Crippen LogP contribution in [0.25, 0.3) is 43.8 Å².